The van der Waals surface area contributed by atoms with Crippen molar-refractivity contribution in [3.8, 4) is 0 Å². The summed E-state index contributed by atoms with van der Waals surface area (Å²) in [5.74, 6) is -0.319. The quantitative estimate of drug-likeness (QED) is 0.872. The second kappa shape index (κ2) is 6.21. The maximum atomic E-state index is 11.1. The topological polar surface area (TPSA) is 55.1 Å². The summed E-state index contributed by atoms with van der Waals surface area (Å²) in [6.07, 6.45) is 0.254. The maximum Gasteiger partial charge on any atom is 0.221 e. The van der Waals surface area contributed by atoms with Crippen LogP contribution in [0.3, 0.4) is 0 Å². The van der Waals surface area contributed by atoms with E-state index in [0.717, 1.165) is 15.0 Å². The predicted molar refractivity (Wildman–Crippen MR) is 83.4 cm³/mol. The van der Waals surface area contributed by atoms with Gasteiger partial charge in [0.25, 0.3) is 0 Å². The van der Waals surface area contributed by atoms with E-state index in [9.17, 15) is 4.79 Å². The highest BCUT2D eigenvalue weighted by Gasteiger charge is 2.11. The SMILES string of the molecule is CC(Nc1ccccc1CC(N)=O)c1ccc(Br)s1. The Labute approximate surface area is 125 Å². The Hall–Kier alpha value is -1.33. The molecule has 0 aliphatic carbocycles. The lowest BCUT2D eigenvalue weighted by Crippen LogP contribution is -2.15. The molecule has 19 heavy (non-hydrogen) atoms. The minimum atomic E-state index is -0.319. The number of nitrogens with one attached hydrogen (secondary N) is 1. The van der Waals surface area contributed by atoms with Crippen LogP contribution in [0.15, 0.2) is 40.2 Å². The molecule has 3 N–H and O–H groups in total. The number of thiophene rings is 1. The minimum absolute atomic E-state index is 0.185. The first-order chi connectivity index (χ1) is 9.06. The van der Waals surface area contributed by atoms with Gasteiger partial charge in [0.05, 0.1) is 16.2 Å². The van der Waals surface area contributed by atoms with Crippen LogP contribution in [-0.4, -0.2) is 5.91 Å². The van der Waals surface area contributed by atoms with Gasteiger partial charge in [0.15, 0.2) is 0 Å². The van der Waals surface area contributed by atoms with E-state index < -0.39 is 0 Å². The Morgan fingerprint density at radius 3 is 2.74 bits per heavy atom. The smallest absolute Gasteiger partial charge is 0.221 e. The molecule has 0 aliphatic rings. The van der Waals surface area contributed by atoms with E-state index in [1.807, 2.05) is 30.3 Å². The van der Waals surface area contributed by atoms with Crippen LogP contribution in [-0.2, 0) is 11.2 Å². The molecule has 1 amide bonds. The van der Waals surface area contributed by atoms with Gasteiger partial charge in [-0.15, -0.1) is 11.3 Å². The van der Waals surface area contributed by atoms with Crippen molar-refractivity contribution < 1.29 is 4.79 Å². The molecular weight excluding hydrogens is 324 g/mol. The average molecular weight is 339 g/mol. The van der Waals surface area contributed by atoms with Crippen LogP contribution in [0.4, 0.5) is 5.69 Å². The van der Waals surface area contributed by atoms with E-state index >= 15 is 0 Å². The van der Waals surface area contributed by atoms with E-state index in [-0.39, 0.29) is 18.4 Å². The van der Waals surface area contributed by atoms with Crippen molar-refractivity contribution in [2.75, 3.05) is 5.32 Å². The first kappa shape index (κ1) is 14.1. The number of anilines is 1. The zero-order valence-corrected chi connectivity index (χ0v) is 12.9. The highest BCUT2D eigenvalue weighted by Crippen LogP contribution is 2.30. The first-order valence-corrected chi connectivity index (χ1v) is 7.55. The zero-order chi connectivity index (χ0) is 13.8. The van der Waals surface area contributed by atoms with Crippen LogP contribution in [0.2, 0.25) is 0 Å². The predicted octanol–water partition coefficient (Wildman–Crippen LogP) is 3.71. The number of nitrogens with two attached hydrogens (primary N) is 1. The third kappa shape index (κ3) is 3.81. The van der Waals surface area contributed by atoms with Gasteiger partial charge in [-0.2, -0.15) is 0 Å². The molecule has 0 spiro atoms. The largest absolute Gasteiger partial charge is 0.377 e. The summed E-state index contributed by atoms with van der Waals surface area (Å²) in [7, 11) is 0. The number of para-hydroxylation sites is 1. The summed E-state index contributed by atoms with van der Waals surface area (Å²) < 4.78 is 1.11. The Kier molecular flexibility index (Phi) is 4.61. The number of carbonyl (C=O) groups excluding carboxylic acids is 1. The average Bonchev–Trinajstić information content (AvgIpc) is 2.78. The molecule has 0 saturated carbocycles. The molecule has 0 bridgehead atoms. The van der Waals surface area contributed by atoms with E-state index in [1.54, 1.807) is 11.3 Å². The van der Waals surface area contributed by atoms with Gasteiger partial charge in [-0.1, -0.05) is 18.2 Å². The first-order valence-electron chi connectivity index (χ1n) is 5.94. The number of rotatable bonds is 5. The molecule has 0 fully saturated rings. The van der Waals surface area contributed by atoms with Gasteiger partial charge >= 0.3 is 0 Å². The molecule has 1 aromatic carbocycles. The van der Waals surface area contributed by atoms with Gasteiger partial charge in [0, 0.05) is 10.6 Å². The normalized spacial score (nSPS) is 12.1. The van der Waals surface area contributed by atoms with Crippen molar-refractivity contribution in [1.82, 2.24) is 0 Å². The maximum absolute atomic E-state index is 11.1. The second-order valence-corrected chi connectivity index (χ2v) is 6.80. The Balaban J connectivity index is 2.16. The van der Waals surface area contributed by atoms with Gasteiger partial charge in [0.1, 0.15) is 0 Å². The molecule has 0 radical (unpaired) electrons. The number of amides is 1. The lowest BCUT2D eigenvalue weighted by atomic mass is 10.1. The van der Waals surface area contributed by atoms with E-state index in [2.05, 4.69) is 34.2 Å². The molecular formula is C14H15BrN2OS. The van der Waals surface area contributed by atoms with Crippen LogP contribution < -0.4 is 11.1 Å². The summed E-state index contributed by atoms with van der Waals surface area (Å²) in [5.41, 5.74) is 7.15. The van der Waals surface area contributed by atoms with Crippen LogP contribution in [0, 0.1) is 0 Å². The van der Waals surface area contributed by atoms with Crippen LogP contribution in [0.5, 0.6) is 0 Å². The van der Waals surface area contributed by atoms with Crippen molar-refractivity contribution in [2.45, 2.75) is 19.4 Å². The Morgan fingerprint density at radius 2 is 2.11 bits per heavy atom. The zero-order valence-electron chi connectivity index (χ0n) is 10.5. The summed E-state index contributed by atoms with van der Waals surface area (Å²) in [6.45, 7) is 2.10. The fraction of sp³-hybridized carbons (Fsp3) is 0.214. The highest BCUT2D eigenvalue weighted by atomic mass is 79.9. The fourth-order valence-corrected chi connectivity index (χ4v) is 3.29. The van der Waals surface area contributed by atoms with E-state index in [4.69, 9.17) is 5.73 Å². The number of hydrogen-bond acceptors (Lipinski definition) is 3. The van der Waals surface area contributed by atoms with Crippen molar-refractivity contribution in [3.05, 3.63) is 50.6 Å². The van der Waals surface area contributed by atoms with Gasteiger partial charge in [0.2, 0.25) is 5.91 Å². The molecule has 5 heteroatoms. The van der Waals surface area contributed by atoms with Crippen LogP contribution in [0.25, 0.3) is 0 Å². The third-order valence-electron chi connectivity index (χ3n) is 2.77. The van der Waals surface area contributed by atoms with Crippen molar-refractivity contribution in [3.63, 3.8) is 0 Å². The molecule has 1 heterocycles. The standard InChI is InChI=1S/C14H15BrN2OS/c1-9(12-6-7-13(15)19-12)17-11-5-3-2-4-10(11)8-14(16)18/h2-7,9,17H,8H2,1H3,(H2,16,18). The number of hydrogen-bond donors (Lipinski definition) is 2. The van der Waals surface area contributed by atoms with E-state index in [1.165, 1.54) is 4.88 Å². The van der Waals surface area contributed by atoms with Crippen molar-refractivity contribution in [1.29, 1.82) is 0 Å². The number of benzene rings is 1. The van der Waals surface area contributed by atoms with Gasteiger partial charge in [-0.25, -0.2) is 0 Å². The molecule has 100 valence electrons. The molecule has 0 saturated heterocycles. The molecule has 2 aromatic rings. The summed E-state index contributed by atoms with van der Waals surface area (Å²) >= 11 is 5.16. The summed E-state index contributed by atoms with van der Waals surface area (Å²) in [6, 6.07) is 12.1. The number of carbonyl (C=O) groups is 1. The van der Waals surface area contributed by atoms with Crippen molar-refractivity contribution in [2.24, 2.45) is 5.73 Å². The second-order valence-electron chi connectivity index (χ2n) is 4.31. The monoisotopic (exact) mass is 338 g/mol. The number of halogens is 1. The third-order valence-corrected chi connectivity index (χ3v) is 4.58. The molecule has 2 rings (SSSR count). The van der Waals surface area contributed by atoms with Crippen LogP contribution in [0.1, 0.15) is 23.4 Å². The van der Waals surface area contributed by atoms with Gasteiger partial charge in [-0.05, 0) is 46.6 Å². The molecule has 1 aromatic heterocycles. The minimum Gasteiger partial charge on any atom is -0.377 e. The molecule has 0 aliphatic heterocycles. The summed E-state index contributed by atoms with van der Waals surface area (Å²) in [4.78, 5) is 12.3. The van der Waals surface area contributed by atoms with Gasteiger partial charge < -0.3 is 11.1 Å². The fourth-order valence-electron chi connectivity index (χ4n) is 1.87. The number of primary amides is 1. The summed E-state index contributed by atoms with van der Waals surface area (Å²) in [5, 5.41) is 3.43. The van der Waals surface area contributed by atoms with Crippen LogP contribution >= 0.6 is 27.3 Å². The Bertz CT molecular complexity index is 582. The Morgan fingerprint density at radius 1 is 1.37 bits per heavy atom. The van der Waals surface area contributed by atoms with Crippen molar-refractivity contribution >= 4 is 38.9 Å². The highest BCUT2D eigenvalue weighted by molar-refractivity contribution is 9.11. The molecule has 1 unspecified atom stereocenters. The van der Waals surface area contributed by atoms with Gasteiger partial charge in [-0.3, -0.25) is 4.79 Å². The van der Waals surface area contributed by atoms with E-state index in [0.29, 0.717) is 0 Å². The lowest BCUT2D eigenvalue weighted by molar-refractivity contribution is -0.117. The lowest BCUT2D eigenvalue weighted by Gasteiger charge is -2.16. The molecule has 3 nitrogen and oxygen atoms in total. The molecule has 1 atom stereocenters.